The lowest BCUT2D eigenvalue weighted by atomic mass is 10.1. The van der Waals surface area contributed by atoms with Gasteiger partial charge in [-0.1, -0.05) is 58.4 Å². The lowest BCUT2D eigenvalue weighted by molar-refractivity contribution is 1.18. The van der Waals surface area contributed by atoms with E-state index in [1.165, 1.54) is 47.7 Å². The number of thiophene rings is 1. The number of rotatable bonds is 1. The number of hydrogen-bond acceptors (Lipinski definition) is 1. The van der Waals surface area contributed by atoms with Crippen LogP contribution >= 0.6 is 27.3 Å². The summed E-state index contributed by atoms with van der Waals surface area (Å²) in [4.78, 5) is 0. The van der Waals surface area contributed by atoms with E-state index < -0.39 is 0 Å². The smallest absolute Gasteiger partial charge is 0.0552 e. The molecule has 0 aliphatic rings. The van der Waals surface area contributed by atoms with E-state index in [-0.39, 0.29) is 0 Å². The van der Waals surface area contributed by atoms with E-state index in [0.29, 0.717) is 0 Å². The monoisotopic (exact) mass is 427 g/mol. The van der Waals surface area contributed by atoms with Gasteiger partial charge < -0.3 is 4.57 Å². The van der Waals surface area contributed by atoms with Crippen LogP contribution in [0.15, 0.2) is 89.4 Å². The summed E-state index contributed by atoms with van der Waals surface area (Å²) in [5.41, 5.74) is 3.67. The second-order valence-electron chi connectivity index (χ2n) is 6.76. The van der Waals surface area contributed by atoms with Crippen LogP contribution in [0, 0.1) is 0 Å². The van der Waals surface area contributed by atoms with Crippen molar-refractivity contribution >= 4 is 69.2 Å². The molecule has 6 aromatic rings. The molecule has 3 heteroatoms. The van der Waals surface area contributed by atoms with E-state index in [9.17, 15) is 0 Å². The zero-order valence-corrected chi connectivity index (χ0v) is 16.7. The first-order valence-electron chi connectivity index (χ1n) is 8.90. The van der Waals surface area contributed by atoms with E-state index in [1.807, 2.05) is 11.3 Å². The topological polar surface area (TPSA) is 4.93 Å². The Balaban J connectivity index is 1.92. The van der Waals surface area contributed by atoms with Crippen molar-refractivity contribution < 1.29 is 0 Å². The van der Waals surface area contributed by atoms with Crippen molar-refractivity contribution in [1.29, 1.82) is 0 Å². The predicted molar refractivity (Wildman–Crippen MR) is 121 cm³/mol. The fourth-order valence-corrected chi connectivity index (χ4v) is 5.61. The molecule has 1 nitrogen and oxygen atoms in total. The van der Waals surface area contributed by atoms with Gasteiger partial charge in [0.05, 0.1) is 11.0 Å². The molecule has 0 atom stereocenters. The summed E-state index contributed by atoms with van der Waals surface area (Å²) in [6, 6.07) is 30.5. The summed E-state index contributed by atoms with van der Waals surface area (Å²) < 4.78 is 6.17. The van der Waals surface area contributed by atoms with Gasteiger partial charge in [-0.2, -0.15) is 0 Å². The Morgan fingerprint density at radius 2 is 1.44 bits per heavy atom. The van der Waals surface area contributed by atoms with Gasteiger partial charge in [-0.25, -0.2) is 0 Å². The van der Waals surface area contributed by atoms with E-state index in [0.717, 1.165) is 4.47 Å². The molecule has 0 saturated heterocycles. The summed E-state index contributed by atoms with van der Waals surface area (Å²) in [5.74, 6) is 0. The average Bonchev–Trinajstić information content (AvgIpc) is 3.23. The van der Waals surface area contributed by atoms with Crippen LogP contribution in [0.3, 0.4) is 0 Å². The Labute approximate surface area is 168 Å². The van der Waals surface area contributed by atoms with Crippen molar-refractivity contribution in [3.63, 3.8) is 0 Å². The Kier molecular flexibility index (Phi) is 3.25. The van der Waals surface area contributed by atoms with Crippen LogP contribution in [0.4, 0.5) is 0 Å². The number of para-hydroxylation sites is 1. The van der Waals surface area contributed by atoms with Gasteiger partial charge in [0, 0.05) is 41.1 Å². The molecule has 0 spiro atoms. The van der Waals surface area contributed by atoms with Crippen molar-refractivity contribution in [2.45, 2.75) is 0 Å². The van der Waals surface area contributed by atoms with Crippen LogP contribution in [0.5, 0.6) is 0 Å². The van der Waals surface area contributed by atoms with E-state index >= 15 is 0 Å². The minimum absolute atomic E-state index is 1.10. The SMILES string of the molecule is Brc1ccc2c3c4c(ccc3n(-c3ccccc3)c2c1)sc1ccccc14. The molecule has 0 aliphatic heterocycles. The lowest BCUT2D eigenvalue weighted by Crippen LogP contribution is -1.92. The first kappa shape index (κ1) is 15.4. The first-order valence-corrected chi connectivity index (χ1v) is 10.5. The number of aromatic nitrogens is 1. The van der Waals surface area contributed by atoms with E-state index in [2.05, 4.69) is 105 Å². The van der Waals surface area contributed by atoms with Crippen molar-refractivity contribution in [3.8, 4) is 5.69 Å². The molecular weight excluding hydrogens is 414 g/mol. The second-order valence-corrected chi connectivity index (χ2v) is 8.76. The minimum atomic E-state index is 1.10. The second kappa shape index (κ2) is 5.69. The molecule has 27 heavy (non-hydrogen) atoms. The third-order valence-corrected chi connectivity index (χ3v) is 6.88. The number of nitrogens with zero attached hydrogens (tertiary/aromatic N) is 1. The molecule has 2 aromatic heterocycles. The maximum absolute atomic E-state index is 3.67. The maximum atomic E-state index is 3.67. The van der Waals surface area contributed by atoms with Crippen LogP contribution < -0.4 is 0 Å². The normalized spacial score (nSPS) is 11.9. The molecule has 0 aliphatic carbocycles. The van der Waals surface area contributed by atoms with Crippen molar-refractivity contribution in [3.05, 3.63) is 89.4 Å². The van der Waals surface area contributed by atoms with Gasteiger partial charge in [0.25, 0.3) is 0 Å². The molecule has 0 radical (unpaired) electrons. The van der Waals surface area contributed by atoms with Gasteiger partial charge >= 0.3 is 0 Å². The summed E-state index contributed by atoms with van der Waals surface area (Å²) >= 11 is 5.54. The third-order valence-electron chi connectivity index (χ3n) is 5.25. The van der Waals surface area contributed by atoms with Crippen molar-refractivity contribution in [2.75, 3.05) is 0 Å². The summed E-state index contributed by atoms with van der Waals surface area (Å²) in [6.07, 6.45) is 0. The Morgan fingerprint density at radius 1 is 0.630 bits per heavy atom. The van der Waals surface area contributed by atoms with Gasteiger partial charge in [0.15, 0.2) is 0 Å². The quantitative estimate of drug-likeness (QED) is 0.251. The predicted octanol–water partition coefficient (Wildman–Crippen LogP) is 7.91. The zero-order valence-electron chi connectivity index (χ0n) is 14.3. The Morgan fingerprint density at radius 3 is 2.33 bits per heavy atom. The zero-order chi connectivity index (χ0) is 18.0. The van der Waals surface area contributed by atoms with Crippen LogP contribution in [-0.2, 0) is 0 Å². The standard InChI is InChI=1S/C24H14BrNS/c25-15-10-11-17-20(14-15)26(16-6-2-1-3-7-16)19-12-13-22-24(23(17)19)18-8-4-5-9-21(18)27-22/h1-14H. The Hall–Kier alpha value is -2.62. The minimum Gasteiger partial charge on any atom is -0.309 e. The highest BCUT2D eigenvalue weighted by Crippen LogP contribution is 2.43. The molecule has 4 aromatic carbocycles. The van der Waals surface area contributed by atoms with E-state index in [4.69, 9.17) is 0 Å². The van der Waals surface area contributed by atoms with Gasteiger partial charge in [-0.3, -0.25) is 0 Å². The lowest BCUT2D eigenvalue weighted by Gasteiger charge is -2.07. The fraction of sp³-hybridized carbons (Fsp3) is 0. The summed E-state index contributed by atoms with van der Waals surface area (Å²) in [5, 5.41) is 5.36. The molecule has 128 valence electrons. The highest BCUT2D eigenvalue weighted by atomic mass is 79.9. The number of hydrogen-bond donors (Lipinski definition) is 0. The molecule has 0 saturated carbocycles. The molecule has 2 heterocycles. The first-order chi connectivity index (χ1) is 13.3. The largest absolute Gasteiger partial charge is 0.309 e. The molecule has 0 amide bonds. The summed E-state index contributed by atoms with van der Waals surface area (Å²) in [6.45, 7) is 0. The number of benzene rings is 4. The molecule has 0 bridgehead atoms. The highest BCUT2D eigenvalue weighted by molar-refractivity contribution is 9.10. The molecule has 0 N–H and O–H groups in total. The molecule has 6 rings (SSSR count). The van der Waals surface area contributed by atoms with E-state index in [1.54, 1.807) is 0 Å². The van der Waals surface area contributed by atoms with Crippen LogP contribution in [0.1, 0.15) is 0 Å². The van der Waals surface area contributed by atoms with Gasteiger partial charge in [0.2, 0.25) is 0 Å². The average molecular weight is 428 g/mol. The maximum Gasteiger partial charge on any atom is 0.0552 e. The molecule has 0 unspecified atom stereocenters. The molecule has 0 fully saturated rings. The highest BCUT2D eigenvalue weighted by Gasteiger charge is 2.17. The van der Waals surface area contributed by atoms with Crippen molar-refractivity contribution in [1.82, 2.24) is 4.57 Å². The van der Waals surface area contributed by atoms with Gasteiger partial charge in [-0.05, 0) is 42.5 Å². The van der Waals surface area contributed by atoms with Crippen LogP contribution in [-0.4, -0.2) is 4.57 Å². The number of fused-ring (bicyclic) bond motifs is 7. The van der Waals surface area contributed by atoms with Crippen molar-refractivity contribution in [2.24, 2.45) is 0 Å². The molecular formula is C24H14BrNS. The Bertz CT molecular complexity index is 1470. The third kappa shape index (κ3) is 2.16. The summed E-state index contributed by atoms with van der Waals surface area (Å²) in [7, 11) is 0. The number of halogens is 1. The van der Waals surface area contributed by atoms with Crippen LogP contribution in [0.25, 0.3) is 47.7 Å². The van der Waals surface area contributed by atoms with Crippen LogP contribution in [0.2, 0.25) is 0 Å². The van der Waals surface area contributed by atoms with Gasteiger partial charge in [0.1, 0.15) is 0 Å². The fourth-order valence-electron chi connectivity index (χ4n) is 4.15. The van der Waals surface area contributed by atoms with Gasteiger partial charge in [-0.15, -0.1) is 11.3 Å².